The first kappa shape index (κ1) is 60.4. The maximum absolute atomic E-state index is 14.6. The molecule has 2 heterocycles. The highest BCUT2D eigenvalue weighted by Crippen LogP contribution is 2.26. The Labute approximate surface area is 442 Å². The van der Waals surface area contributed by atoms with E-state index in [-0.39, 0.29) is 56.7 Å². The van der Waals surface area contributed by atoms with Gasteiger partial charge in [-0.15, -0.1) is 0 Å². The molecule has 27 heteroatoms. The fraction of sp³-hybridized carbons (Fsp3) is 0.521. The summed E-state index contributed by atoms with van der Waals surface area (Å²) >= 11 is 0. The van der Waals surface area contributed by atoms with Crippen LogP contribution in [-0.2, 0) is 60.8 Å². The molecule has 2 aliphatic rings. The summed E-state index contributed by atoms with van der Waals surface area (Å²) in [5, 5.41) is 20.6. The van der Waals surface area contributed by atoms with Gasteiger partial charge in [-0.25, -0.2) is 4.79 Å². The van der Waals surface area contributed by atoms with Crippen LogP contribution in [0.4, 0.5) is 4.79 Å². The maximum atomic E-state index is 14.6. The third kappa shape index (κ3) is 19.9. The number of carbonyl (C=O) groups excluding carboxylic acids is 11. The van der Waals surface area contributed by atoms with Gasteiger partial charge in [0.15, 0.2) is 0 Å². The number of ether oxygens (including phenoxy) is 1. The molecule has 0 aromatic heterocycles. The summed E-state index contributed by atoms with van der Waals surface area (Å²) in [6.45, 7) is 5.03. The lowest BCUT2D eigenvalue weighted by Crippen LogP contribution is -2.62. The van der Waals surface area contributed by atoms with Crippen molar-refractivity contribution in [3.63, 3.8) is 0 Å². The van der Waals surface area contributed by atoms with Gasteiger partial charge in [-0.2, -0.15) is 0 Å². The summed E-state index contributed by atoms with van der Waals surface area (Å²) < 4.78 is 5.57. The van der Waals surface area contributed by atoms with Gasteiger partial charge in [0.1, 0.15) is 48.0 Å². The number of nitrogens with one attached hydrogen (secondary N) is 8. The van der Waals surface area contributed by atoms with Crippen molar-refractivity contribution in [2.24, 2.45) is 28.9 Å². The summed E-state index contributed by atoms with van der Waals surface area (Å²) in [4.78, 5) is 149. The van der Waals surface area contributed by atoms with Crippen molar-refractivity contribution in [2.45, 2.75) is 114 Å². The standard InChI is InChI=1S/C48H69N13O12S2/c1-4-73-29-16-14-28(15-17-29)21-32-42(66)57-33(20-27-10-6-5-7-11-27)44(68)60-39(26(2)3)46(70)58-34(22-37(50)62)43(67)59-35(25-75-74-24-30(49)40(64)56-32)47(71)61-19-9-13-36(61)45(69)55-31(12-8-18-53-48(52)72)41(65)54-23-38(51)63/h5-7,10-11,14-17,26,30-36,39H,4,8-9,12-13,18-25,49H2,1-3H3,(H2,50,62)(H2,51,63)(H,54,65)(H,55,69)(H,56,64)(H,57,66)(H,58,70)(H,59,67)(H,60,68)(H3,52,53,72)/t30-,31-,32+,33+,34+,35+,36-,39-/m0/s1. The van der Waals surface area contributed by atoms with E-state index in [2.05, 4.69) is 42.5 Å². The Morgan fingerprint density at radius 3 is 1.95 bits per heavy atom. The average molecular weight is 1080 g/mol. The molecule has 410 valence electrons. The monoisotopic (exact) mass is 1080 g/mol. The van der Waals surface area contributed by atoms with Gasteiger partial charge in [-0.05, 0) is 61.8 Å². The lowest BCUT2D eigenvalue weighted by Gasteiger charge is -2.31. The van der Waals surface area contributed by atoms with Crippen LogP contribution in [0.2, 0.25) is 0 Å². The second-order valence-corrected chi connectivity index (χ2v) is 20.7. The second-order valence-electron chi connectivity index (χ2n) is 18.2. The smallest absolute Gasteiger partial charge is 0.312 e. The van der Waals surface area contributed by atoms with Gasteiger partial charge in [0.25, 0.3) is 0 Å². The molecule has 25 nitrogen and oxygen atoms in total. The number of benzene rings is 2. The zero-order chi connectivity index (χ0) is 55.2. The van der Waals surface area contributed by atoms with Crippen LogP contribution < -0.4 is 70.2 Å². The Morgan fingerprint density at radius 2 is 1.33 bits per heavy atom. The van der Waals surface area contributed by atoms with E-state index in [0.717, 1.165) is 21.6 Å². The Bertz CT molecular complexity index is 2350. The zero-order valence-corrected chi connectivity index (χ0v) is 43.7. The van der Waals surface area contributed by atoms with Crippen LogP contribution in [0.3, 0.4) is 0 Å². The van der Waals surface area contributed by atoms with E-state index in [9.17, 15) is 52.7 Å². The number of nitrogens with two attached hydrogens (primary N) is 4. The molecular formula is C48H69N13O12S2. The molecule has 0 aliphatic carbocycles. The predicted octanol–water partition coefficient (Wildman–Crippen LogP) is -2.93. The Morgan fingerprint density at radius 1 is 0.733 bits per heavy atom. The average Bonchev–Trinajstić information content (AvgIpc) is 3.86. The predicted molar refractivity (Wildman–Crippen MR) is 278 cm³/mol. The van der Waals surface area contributed by atoms with Crippen molar-refractivity contribution in [3.05, 3.63) is 65.7 Å². The fourth-order valence-corrected chi connectivity index (χ4v) is 10.3. The van der Waals surface area contributed by atoms with Gasteiger partial charge in [-0.1, -0.05) is 77.9 Å². The SMILES string of the molecule is CCOc1ccc(C[C@H]2NC(=O)[C@@H](N)CSSC[C@H](C(=O)N3CCC[C@H]3C(=O)N[C@@H](CCCNC(N)=O)C(=O)NCC(N)=O)NC(=O)[C@@H](CC(N)=O)NC(=O)[C@H](C(C)C)NC(=O)[C@@H](Cc3ccccc3)NC2=O)cc1. The highest BCUT2D eigenvalue weighted by atomic mass is 33.1. The summed E-state index contributed by atoms with van der Waals surface area (Å²) in [6, 6.07) is 4.06. The minimum atomic E-state index is -1.69. The van der Waals surface area contributed by atoms with Crippen molar-refractivity contribution >= 4 is 86.7 Å². The number of hydrogen-bond acceptors (Lipinski definition) is 15. The van der Waals surface area contributed by atoms with Crippen molar-refractivity contribution in [2.75, 3.05) is 37.7 Å². The van der Waals surface area contributed by atoms with Crippen LogP contribution >= 0.6 is 21.6 Å². The number of carbonyl (C=O) groups is 11. The van der Waals surface area contributed by atoms with E-state index in [0.29, 0.717) is 29.9 Å². The van der Waals surface area contributed by atoms with Crippen LogP contribution in [0, 0.1) is 5.92 Å². The van der Waals surface area contributed by atoms with Crippen LogP contribution in [0.15, 0.2) is 54.6 Å². The summed E-state index contributed by atoms with van der Waals surface area (Å²) in [6.07, 6.45) is -0.224. The first-order valence-electron chi connectivity index (χ1n) is 24.4. The molecule has 0 radical (unpaired) electrons. The molecule has 8 atom stereocenters. The molecule has 16 N–H and O–H groups in total. The number of nitrogens with zero attached hydrogens (tertiary/aromatic N) is 1. The van der Waals surface area contributed by atoms with Crippen molar-refractivity contribution in [3.8, 4) is 5.75 Å². The number of urea groups is 1. The molecule has 4 rings (SSSR count). The van der Waals surface area contributed by atoms with E-state index < -0.39 is 132 Å². The number of likely N-dealkylation sites (tertiary alicyclic amines) is 1. The molecule has 0 spiro atoms. The van der Waals surface area contributed by atoms with E-state index >= 15 is 0 Å². The normalized spacial score (nSPS) is 22.7. The number of primary amides is 3. The van der Waals surface area contributed by atoms with Gasteiger partial charge in [0.2, 0.25) is 59.1 Å². The van der Waals surface area contributed by atoms with Gasteiger partial charge < -0.3 is 75.1 Å². The molecule has 2 aromatic rings. The minimum Gasteiger partial charge on any atom is -0.494 e. The number of rotatable bonds is 19. The summed E-state index contributed by atoms with van der Waals surface area (Å²) in [5.41, 5.74) is 23.6. The Balaban J connectivity index is 1.69. The van der Waals surface area contributed by atoms with Gasteiger partial charge in [0, 0.05) is 37.4 Å². The van der Waals surface area contributed by atoms with E-state index in [1.165, 1.54) is 4.90 Å². The molecule has 2 aliphatic heterocycles. The van der Waals surface area contributed by atoms with E-state index in [1.807, 2.05) is 6.92 Å². The van der Waals surface area contributed by atoms with Crippen molar-refractivity contribution in [1.29, 1.82) is 0 Å². The third-order valence-electron chi connectivity index (χ3n) is 11.9. The summed E-state index contributed by atoms with van der Waals surface area (Å²) in [7, 11) is 2.08. The Hall–Kier alpha value is -7.13. The Kier molecular flexibility index (Phi) is 24.4. The largest absolute Gasteiger partial charge is 0.494 e. The van der Waals surface area contributed by atoms with Crippen molar-refractivity contribution in [1.82, 2.24) is 47.4 Å². The second kappa shape index (κ2) is 30.3. The highest BCUT2D eigenvalue weighted by molar-refractivity contribution is 8.76. The molecule has 2 aromatic carbocycles. The lowest BCUT2D eigenvalue weighted by atomic mass is 9.99. The molecule has 0 saturated carbocycles. The number of hydrogen-bond donors (Lipinski definition) is 12. The first-order valence-corrected chi connectivity index (χ1v) is 26.9. The van der Waals surface area contributed by atoms with Crippen LogP contribution in [-0.4, -0.2) is 156 Å². The molecule has 2 fully saturated rings. The fourth-order valence-electron chi connectivity index (χ4n) is 8.02. The van der Waals surface area contributed by atoms with Crippen LogP contribution in [0.5, 0.6) is 5.75 Å². The van der Waals surface area contributed by atoms with Gasteiger partial charge in [-0.3, -0.25) is 47.9 Å². The lowest BCUT2D eigenvalue weighted by molar-refractivity contribution is -0.142. The third-order valence-corrected chi connectivity index (χ3v) is 14.3. The molecular weight excluding hydrogens is 1010 g/mol. The zero-order valence-electron chi connectivity index (χ0n) is 42.1. The first-order chi connectivity index (χ1) is 35.7. The topological polar surface area (TPSA) is 401 Å². The highest BCUT2D eigenvalue weighted by Gasteiger charge is 2.41. The van der Waals surface area contributed by atoms with Gasteiger partial charge in [0.05, 0.1) is 25.6 Å². The molecule has 0 bridgehead atoms. The molecule has 2 saturated heterocycles. The molecule has 12 amide bonds. The van der Waals surface area contributed by atoms with E-state index in [4.69, 9.17) is 27.7 Å². The van der Waals surface area contributed by atoms with E-state index in [1.54, 1.807) is 68.4 Å². The van der Waals surface area contributed by atoms with Crippen molar-refractivity contribution < 1.29 is 57.5 Å². The minimum absolute atomic E-state index is 0.0246. The molecule has 0 unspecified atom stereocenters. The summed E-state index contributed by atoms with van der Waals surface area (Å²) in [5.74, 6) is -8.67. The quantitative estimate of drug-likeness (QED) is 0.0495. The van der Waals surface area contributed by atoms with Gasteiger partial charge >= 0.3 is 6.03 Å². The maximum Gasteiger partial charge on any atom is 0.312 e. The number of amides is 12. The van der Waals surface area contributed by atoms with Crippen LogP contribution in [0.1, 0.15) is 64.0 Å². The molecule has 75 heavy (non-hydrogen) atoms. The van der Waals surface area contributed by atoms with Crippen LogP contribution in [0.25, 0.3) is 0 Å².